The first-order chi connectivity index (χ1) is 18.6. The number of nitrogens with two attached hydrogens (primary N) is 1. The van der Waals surface area contributed by atoms with Crippen LogP contribution in [0, 0.1) is 0 Å². The lowest BCUT2D eigenvalue weighted by Gasteiger charge is -2.19. The Morgan fingerprint density at radius 3 is 1.90 bits per heavy atom. The van der Waals surface area contributed by atoms with Gasteiger partial charge in [-0.2, -0.15) is 8.75 Å². The van der Waals surface area contributed by atoms with Crippen molar-refractivity contribution in [1.29, 1.82) is 0 Å². The second kappa shape index (κ2) is 12.7. The molecule has 0 atom stereocenters. The van der Waals surface area contributed by atoms with Crippen LogP contribution in [0.1, 0.15) is 5.01 Å². The zero-order valence-corrected chi connectivity index (χ0v) is 24.0. The molecule has 0 saturated carbocycles. The van der Waals surface area contributed by atoms with Crippen molar-refractivity contribution in [1.82, 2.24) is 18.7 Å². The van der Waals surface area contributed by atoms with Crippen molar-refractivity contribution in [3.05, 3.63) is 54.1 Å². The summed E-state index contributed by atoms with van der Waals surface area (Å²) in [7, 11) is -1.89. The van der Waals surface area contributed by atoms with Gasteiger partial charge in [0.05, 0.1) is 21.2 Å². The maximum absolute atomic E-state index is 12.2. The standard InChI is InChI=1S/C11H11N3O3S2.C8H8ClNO3S.C2H3N3S/c15-19(16,6-11-13-7-14-18-11)8-1-2-9-10(5-8)17-4-3-12-9;9-14(11,12)6-1-2-7-8(5-6)13-4-3-10-7;3-2-4-1-5-6-2/h1-2,5,7,12H,3-4,6H2;1-2,5,10H,3-4H2;1H,(H2,3,4,5). The van der Waals surface area contributed by atoms with Crippen LogP contribution < -0.4 is 25.8 Å². The number of ether oxygens (including phenoxy) is 2. The van der Waals surface area contributed by atoms with Crippen LogP contribution in [0.2, 0.25) is 0 Å². The lowest BCUT2D eigenvalue weighted by Crippen LogP contribution is -2.18. The molecule has 4 heterocycles. The van der Waals surface area contributed by atoms with E-state index in [1.54, 1.807) is 24.3 Å². The fourth-order valence-corrected chi connectivity index (χ4v) is 6.44. The van der Waals surface area contributed by atoms with Crippen LogP contribution in [0.4, 0.5) is 16.5 Å². The summed E-state index contributed by atoms with van der Waals surface area (Å²) in [6.45, 7) is 2.51. The quantitative estimate of drug-likeness (QED) is 0.279. The average Bonchev–Trinajstić information content (AvgIpc) is 3.62. The molecule has 2 aliphatic rings. The zero-order chi connectivity index (χ0) is 27.9. The number of rotatable bonds is 4. The molecule has 6 rings (SSSR count). The lowest BCUT2D eigenvalue weighted by molar-refractivity contribution is 0.322. The normalized spacial score (nSPS) is 13.8. The number of halogens is 1. The van der Waals surface area contributed by atoms with Crippen LogP contribution in [0.5, 0.6) is 11.5 Å². The molecule has 0 fully saturated rings. The first kappa shape index (κ1) is 28.8. The molecular formula is C21H22ClN7O6S4. The van der Waals surface area contributed by atoms with Gasteiger partial charge in [0.25, 0.3) is 9.05 Å². The molecule has 0 aliphatic carbocycles. The zero-order valence-electron chi connectivity index (χ0n) is 20.0. The lowest BCUT2D eigenvalue weighted by atomic mass is 10.2. The summed E-state index contributed by atoms with van der Waals surface area (Å²) in [5.74, 6) is 0.965. The van der Waals surface area contributed by atoms with Gasteiger partial charge in [0.2, 0.25) is 0 Å². The maximum Gasteiger partial charge on any atom is 0.261 e. The molecular weight excluding hydrogens is 610 g/mol. The van der Waals surface area contributed by atoms with Crippen molar-refractivity contribution in [2.75, 3.05) is 42.7 Å². The predicted octanol–water partition coefficient (Wildman–Crippen LogP) is 2.86. The van der Waals surface area contributed by atoms with E-state index in [0.717, 1.165) is 36.0 Å². The molecule has 0 radical (unpaired) electrons. The van der Waals surface area contributed by atoms with Crippen LogP contribution in [-0.4, -0.2) is 61.9 Å². The van der Waals surface area contributed by atoms with E-state index in [1.807, 2.05) is 0 Å². The summed E-state index contributed by atoms with van der Waals surface area (Å²) in [6.07, 6.45) is 2.79. The molecule has 4 N–H and O–H groups in total. The minimum absolute atomic E-state index is 0.0571. The minimum atomic E-state index is -3.67. The fourth-order valence-electron chi connectivity index (χ4n) is 3.26. The van der Waals surface area contributed by atoms with Gasteiger partial charge < -0.3 is 25.8 Å². The molecule has 0 unspecified atom stereocenters. The summed E-state index contributed by atoms with van der Waals surface area (Å²) < 4.78 is 64.7. The highest BCUT2D eigenvalue weighted by Crippen LogP contribution is 2.32. The summed E-state index contributed by atoms with van der Waals surface area (Å²) in [5, 5.41) is 7.23. The number of nitrogens with zero attached hydrogens (tertiary/aromatic N) is 4. The van der Waals surface area contributed by atoms with Gasteiger partial charge in [0.1, 0.15) is 48.1 Å². The molecule has 4 aromatic rings. The number of fused-ring (bicyclic) bond motifs is 2. The van der Waals surface area contributed by atoms with E-state index >= 15 is 0 Å². The van der Waals surface area contributed by atoms with Gasteiger partial charge in [-0.05, 0) is 35.8 Å². The SMILES string of the molecule is Nc1ncns1.O=S(=O)(Cc1ncns1)c1ccc2c(c1)OCCN2.O=S(=O)(Cl)c1ccc2c(c1)OCCN2. The Bertz CT molecular complexity index is 1600. The first-order valence-corrected chi connectivity index (χ1v) is 16.6. The Labute approximate surface area is 237 Å². The van der Waals surface area contributed by atoms with E-state index in [9.17, 15) is 16.8 Å². The summed E-state index contributed by atoms with van der Waals surface area (Å²) >= 11 is 2.28. The molecule has 0 spiro atoms. The Hall–Kier alpha value is -3.25. The molecule has 2 aliphatic heterocycles. The highest BCUT2D eigenvalue weighted by atomic mass is 35.7. The van der Waals surface area contributed by atoms with Crippen LogP contribution >= 0.6 is 33.7 Å². The van der Waals surface area contributed by atoms with Crippen LogP contribution in [-0.2, 0) is 24.6 Å². The Balaban J connectivity index is 0.000000154. The van der Waals surface area contributed by atoms with Gasteiger partial charge in [-0.1, -0.05) is 0 Å². The number of anilines is 3. The van der Waals surface area contributed by atoms with Crippen molar-refractivity contribution in [2.45, 2.75) is 15.5 Å². The van der Waals surface area contributed by atoms with Gasteiger partial charge in [0, 0.05) is 47.4 Å². The maximum atomic E-state index is 12.2. The summed E-state index contributed by atoms with van der Waals surface area (Å²) in [6, 6.07) is 9.37. The van der Waals surface area contributed by atoms with E-state index in [1.165, 1.54) is 36.3 Å². The van der Waals surface area contributed by atoms with Crippen molar-refractivity contribution < 1.29 is 26.3 Å². The topological polar surface area (TPSA) is 188 Å². The number of aromatic nitrogens is 4. The molecule has 208 valence electrons. The van der Waals surface area contributed by atoms with Gasteiger partial charge in [-0.3, -0.25) is 0 Å². The van der Waals surface area contributed by atoms with E-state index in [4.69, 9.17) is 25.9 Å². The Kier molecular flexibility index (Phi) is 9.39. The van der Waals surface area contributed by atoms with E-state index in [0.29, 0.717) is 34.9 Å². The van der Waals surface area contributed by atoms with Gasteiger partial charge in [0.15, 0.2) is 15.0 Å². The summed E-state index contributed by atoms with van der Waals surface area (Å²) in [4.78, 5) is 7.80. The van der Waals surface area contributed by atoms with Crippen molar-refractivity contribution in [3.8, 4) is 11.5 Å². The number of nitrogens with one attached hydrogen (secondary N) is 2. The van der Waals surface area contributed by atoms with E-state index < -0.39 is 18.9 Å². The Morgan fingerprint density at radius 1 is 0.846 bits per heavy atom. The third-order valence-electron chi connectivity index (χ3n) is 5.00. The van der Waals surface area contributed by atoms with Gasteiger partial charge >= 0.3 is 0 Å². The van der Waals surface area contributed by atoms with Gasteiger partial charge in [-0.25, -0.2) is 26.8 Å². The number of sulfone groups is 1. The van der Waals surface area contributed by atoms with Crippen molar-refractivity contribution >= 4 is 69.1 Å². The fraction of sp³-hybridized carbons (Fsp3) is 0.238. The highest BCUT2D eigenvalue weighted by Gasteiger charge is 2.20. The number of hydrogen-bond donors (Lipinski definition) is 3. The highest BCUT2D eigenvalue weighted by molar-refractivity contribution is 8.13. The van der Waals surface area contributed by atoms with E-state index in [-0.39, 0.29) is 15.5 Å². The smallest absolute Gasteiger partial charge is 0.261 e. The largest absolute Gasteiger partial charge is 0.490 e. The third kappa shape index (κ3) is 8.12. The van der Waals surface area contributed by atoms with Crippen LogP contribution in [0.3, 0.4) is 0 Å². The molecule has 2 aromatic heterocycles. The first-order valence-electron chi connectivity index (χ1n) is 11.1. The number of nitrogen functional groups attached to an aromatic ring is 1. The van der Waals surface area contributed by atoms with Crippen molar-refractivity contribution in [2.24, 2.45) is 0 Å². The minimum Gasteiger partial charge on any atom is -0.490 e. The second-order valence-electron chi connectivity index (χ2n) is 7.68. The molecule has 2 aromatic carbocycles. The molecule has 13 nitrogen and oxygen atoms in total. The van der Waals surface area contributed by atoms with E-state index in [2.05, 4.69) is 29.3 Å². The predicted molar refractivity (Wildman–Crippen MR) is 149 cm³/mol. The third-order valence-corrected chi connectivity index (χ3v) is 9.31. The molecule has 0 amide bonds. The monoisotopic (exact) mass is 631 g/mol. The Morgan fingerprint density at radius 2 is 1.41 bits per heavy atom. The number of hydrogen-bond acceptors (Lipinski definition) is 15. The van der Waals surface area contributed by atoms with Crippen molar-refractivity contribution in [3.63, 3.8) is 0 Å². The second-order valence-corrected chi connectivity index (χ2v) is 13.9. The molecule has 18 heteroatoms. The number of benzene rings is 2. The molecule has 0 bridgehead atoms. The average molecular weight is 632 g/mol. The van der Waals surface area contributed by atoms with Gasteiger partial charge in [-0.15, -0.1) is 0 Å². The summed E-state index contributed by atoms with van der Waals surface area (Å²) in [5.41, 5.74) is 6.74. The molecule has 0 saturated heterocycles. The van der Waals surface area contributed by atoms with Crippen LogP contribution in [0.15, 0.2) is 58.8 Å². The molecule has 39 heavy (non-hydrogen) atoms. The van der Waals surface area contributed by atoms with Crippen LogP contribution in [0.25, 0.3) is 0 Å².